The molecule has 2 N–H and O–H groups in total. The minimum absolute atomic E-state index is 0.257. The molecule has 26 heavy (non-hydrogen) atoms. The van der Waals surface area contributed by atoms with Crippen molar-refractivity contribution in [2.45, 2.75) is 19.4 Å². The van der Waals surface area contributed by atoms with Crippen LogP contribution in [0, 0.1) is 0 Å². The van der Waals surface area contributed by atoms with E-state index in [9.17, 15) is 9.59 Å². The third-order valence-corrected chi connectivity index (χ3v) is 4.40. The number of hydrogen-bond acceptors (Lipinski definition) is 6. The largest absolute Gasteiger partial charge is 0.495 e. The monoisotopic (exact) mass is 365 g/mol. The summed E-state index contributed by atoms with van der Waals surface area (Å²) in [6, 6.07) is 4.64. The van der Waals surface area contributed by atoms with E-state index in [-0.39, 0.29) is 12.1 Å². The van der Waals surface area contributed by atoms with Gasteiger partial charge in [-0.2, -0.15) is 0 Å². The number of benzene rings is 1. The number of carbonyl (C=O) groups is 2. The summed E-state index contributed by atoms with van der Waals surface area (Å²) >= 11 is 0. The van der Waals surface area contributed by atoms with Crippen LogP contribution in [0.4, 0.5) is 10.5 Å². The van der Waals surface area contributed by atoms with Crippen LogP contribution in [-0.4, -0.2) is 70.0 Å². The fourth-order valence-corrected chi connectivity index (χ4v) is 2.90. The molecule has 1 aliphatic heterocycles. The van der Waals surface area contributed by atoms with Crippen molar-refractivity contribution in [1.82, 2.24) is 10.2 Å². The number of nitrogens with zero attached hydrogens (tertiary/aromatic N) is 1. The van der Waals surface area contributed by atoms with Crippen LogP contribution in [0.1, 0.15) is 23.7 Å². The van der Waals surface area contributed by atoms with E-state index in [1.165, 1.54) is 20.3 Å². The third-order valence-electron chi connectivity index (χ3n) is 4.40. The van der Waals surface area contributed by atoms with Gasteiger partial charge in [-0.05, 0) is 24.6 Å². The maximum atomic E-state index is 12.3. The van der Waals surface area contributed by atoms with Crippen LogP contribution in [-0.2, 0) is 9.47 Å². The summed E-state index contributed by atoms with van der Waals surface area (Å²) in [7, 11) is 2.81. The molecule has 1 atom stereocenters. The number of urea groups is 1. The molecule has 0 bridgehead atoms. The molecular formula is C18H27N3O5. The highest BCUT2D eigenvalue weighted by Crippen LogP contribution is 2.25. The van der Waals surface area contributed by atoms with Gasteiger partial charge in [-0.15, -0.1) is 0 Å². The first-order chi connectivity index (χ1) is 12.6. The topological polar surface area (TPSA) is 89.1 Å². The van der Waals surface area contributed by atoms with Crippen molar-refractivity contribution in [3.8, 4) is 5.75 Å². The van der Waals surface area contributed by atoms with Crippen LogP contribution < -0.4 is 15.4 Å². The highest BCUT2D eigenvalue weighted by Gasteiger charge is 2.20. The minimum Gasteiger partial charge on any atom is -0.495 e. The first kappa shape index (κ1) is 20.0. The Morgan fingerprint density at radius 3 is 2.62 bits per heavy atom. The van der Waals surface area contributed by atoms with Gasteiger partial charge < -0.3 is 24.8 Å². The molecule has 8 heteroatoms. The molecule has 144 valence electrons. The van der Waals surface area contributed by atoms with Crippen LogP contribution >= 0.6 is 0 Å². The molecule has 1 aliphatic rings. The zero-order valence-electron chi connectivity index (χ0n) is 15.5. The van der Waals surface area contributed by atoms with E-state index in [0.29, 0.717) is 23.5 Å². The number of ether oxygens (including phenoxy) is 3. The van der Waals surface area contributed by atoms with Crippen molar-refractivity contribution in [3.05, 3.63) is 23.8 Å². The molecule has 2 amide bonds. The lowest BCUT2D eigenvalue weighted by atomic mass is 10.1. The highest BCUT2D eigenvalue weighted by atomic mass is 16.5. The number of amides is 2. The quantitative estimate of drug-likeness (QED) is 0.715. The number of methoxy groups -OCH3 is 2. The molecule has 1 heterocycles. The fourth-order valence-electron chi connectivity index (χ4n) is 2.90. The van der Waals surface area contributed by atoms with Crippen molar-refractivity contribution in [1.29, 1.82) is 0 Å². The molecule has 1 saturated heterocycles. The van der Waals surface area contributed by atoms with Gasteiger partial charge in [0.2, 0.25) is 0 Å². The maximum Gasteiger partial charge on any atom is 0.337 e. The van der Waals surface area contributed by atoms with Crippen molar-refractivity contribution < 1.29 is 23.8 Å². The summed E-state index contributed by atoms with van der Waals surface area (Å²) in [6.07, 6.45) is 0.932. The van der Waals surface area contributed by atoms with Gasteiger partial charge in [0.1, 0.15) is 5.75 Å². The summed E-state index contributed by atoms with van der Waals surface area (Å²) in [5, 5.41) is 5.63. The molecule has 1 fully saturated rings. The number of carbonyl (C=O) groups excluding carboxylic acids is 2. The standard InChI is InChI=1S/C18H27N3O5/c1-4-14(21-7-9-26-10-8-21)12-19-18(23)20-15-11-13(17(22)25-3)5-6-16(15)24-2/h5-6,11,14H,4,7-10,12H2,1-3H3,(H2,19,20,23). The van der Waals surface area contributed by atoms with Gasteiger partial charge in [0.05, 0.1) is 38.7 Å². The normalized spacial score (nSPS) is 15.8. The van der Waals surface area contributed by atoms with E-state index < -0.39 is 5.97 Å². The molecule has 0 saturated carbocycles. The first-order valence-electron chi connectivity index (χ1n) is 8.72. The van der Waals surface area contributed by atoms with E-state index in [4.69, 9.17) is 14.2 Å². The second kappa shape index (κ2) is 9.98. The Kier molecular flexibility index (Phi) is 7.68. The first-order valence-corrected chi connectivity index (χ1v) is 8.72. The molecule has 0 aromatic heterocycles. The van der Waals surface area contributed by atoms with Gasteiger partial charge in [-0.3, -0.25) is 4.90 Å². The molecule has 0 aliphatic carbocycles. The molecule has 8 nitrogen and oxygen atoms in total. The number of nitrogens with one attached hydrogen (secondary N) is 2. The van der Waals surface area contributed by atoms with E-state index in [2.05, 4.69) is 22.5 Å². The lowest BCUT2D eigenvalue weighted by Gasteiger charge is -2.34. The van der Waals surface area contributed by atoms with Crippen molar-refractivity contribution >= 4 is 17.7 Å². The summed E-state index contributed by atoms with van der Waals surface area (Å²) < 4.78 is 15.3. The Hall–Kier alpha value is -2.32. The smallest absolute Gasteiger partial charge is 0.337 e. The van der Waals surface area contributed by atoms with Gasteiger partial charge in [-0.25, -0.2) is 9.59 Å². The Balaban J connectivity index is 1.96. The number of morpholine rings is 1. The SMILES string of the molecule is CCC(CNC(=O)Nc1cc(C(=O)OC)ccc1OC)N1CCOCC1. The van der Waals surface area contributed by atoms with Crippen LogP contribution in [0.5, 0.6) is 5.75 Å². The Bertz CT molecular complexity index is 617. The van der Waals surface area contributed by atoms with Crippen molar-refractivity contribution in [2.24, 2.45) is 0 Å². The van der Waals surface area contributed by atoms with Crippen molar-refractivity contribution in [3.63, 3.8) is 0 Å². The van der Waals surface area contributed by atoms with Gasteiger partial charge in [0.15, 0.2) is 0 Å². The number of hydrogen-bond donors (Lipinski definition) is 2. The summed E-state index contributed by atoms with van der Waals surface area (Å²) in [5.41, 5.74) is 0.746. The third kappa shape index (κ3) is 5.34. The van der Waals surface area contributed by atoms with E-state index in [0.717, 1.165) is 32.7 Å². The molecule has 1 unspecified atom stereocenters. The zero-order chi connectivity index (χ0) is 18.9. The van der Waals surface area contributed by atoms with Gasteiger partial charge in [0, 0.05) is 25.7 Å². The minimum atomic E-state index is -0.477. The van der Waals surface area contributed by atoms with E-state index in [1.54, 1.807) is 12.1 Å². The van der Waals surface area contributed by atoms with Gasteiger partial charge >= 0.3 is 12.0 Å². The second-order valence-electron chi connectivity index (χ2n) is 5.95. The predicted octanol–water partition coefficient (Wildman–Crippen LogP) is 1.71. The number of anilines is 1. The van der Waals surface area contributed by atoms with Crippen LogP contribution in [0.25, 0.3) is 0 Å². The Morgan fingerprint density at radius 2 is 2.00 bits per heavy atom. The Labute approximate surface area is 153 Å². The second-order valence-corrected chi connectivity index (χ2v) is 5.95. The van der Waals surface area contributed by atoms with Crippen LogP contribution in [0.2, 0.25) is 0 Å². The lowest BCUT2D eigenvalue weighted by Crippen LogP contribution is -2.49. The van der Waals surface area contributed by atoms with Crippen molar-refractivity contribution in [2.75, 3.05) is 52.4 Å². The average Bonchev–Trinajstić information content (AvgIpc) is 2.68. The molecule has 0 radical (unpaired) electrons. The van der Waals surface area contributed by atoms with E-state index >= 15 is 0 Å². The maximum absolute atomic E-state index is 12.3. The Morgan fingerprint density at radius 1 is 1.27 bits per heavy atom. The molecule has 1 aromatic carbocycles. The zero-order valence-corrected chi connectivity index (χ0v) is 15.5. The van der Waals surface area contributed by atoms with Gasteiger partial charge in [-0.1, -0.05) is 6.92 Å². The molecule has 1 aromatic rings. The molecule has 2 rings (SSSR count). The highest BCUT2D eigenvalue weighted by molar-refractivity contribution is 5.95. The summed E-state index contributed by atoms with van der Waals surface area (Å²) in [6.45, 7) is 5.82. The number of esters is 1. The summed E-state index contributed by atoms with van der Waals surface area (Å²) in [4.78, 5) is 26.3. The summed E-state index contributed by atoms with van der Waals surface area (Å²) in [5.74, 6) is -0.0116. The fraction of sp³-hybridized carbons (Fsp3) is 0.556. The molecular weight excluding hydrogens is 338 g/mol. The van der Waals surface area contributed by atoms with Crippen LogP contribution in [0.3, 0.4) is 0 Å². The average molecular weight is 365 g/mol. The lowest BCUT2D eigenvalue weighted by molar-refractivity contribution is 0.0165. The van der Waals surface area contributed by atoms with E-state index in [1.807, 2.05) is 0 Å². The molecule has 0 spiro atoms. The van der Waals surface area contributed by atoms with Crippen LogP contribution in [0.15, 0.2) is 18.2 Å². The van der Waals surface area contributed by atoms with Gasteiger partial charge in [0.25, 0.3) is 0 Å². The predicted molar refractivity (Wildman–Crippen MR) is 97.8 cm³/mol. The number of rotatable bonds is 7.